The summed E-state index contributed by atoms with van der Waals surface area (Å²) in [6.45, 7) is 6.41. The van der Waals surface area contributed by atoms with Crippen LogP contribution in [0.2, 0.25) is 5.02 Å². The molecular weight excluding hydrogens is 478 g/mol. The normalized spacial score (nSPS) is 11.1. The highest BCUT2D eigenvalue weighted by atomic mass is 35.5. The van der Waals surface area contributed by atoms with Gasteiger partial charge in [-0.2, -0.15) is 4.80 Å². The van der Waals surface area contributed by atoms with Crippen molar-refractivity contribution in [3.05, 3.63) is 82.4 Å². The first-order valence-corrected chi connectivity index (χ1v) is 12.5. The molecule has 0 saturated carbocycles. The molecule has 0 fully saturated rings. The summed E-state index contributed by atoms with van der Waals surface area (Å²) in [5, 5.41) is 15.4. The topological polar surface area (TPSA) is 71.8 Å². The lowest BCUT2D eigenvalue weighted by Crippen LogP contribution is -2.34. The van der Waals surface area contributed by atoms with Crippen molar-refractivity contribution in [3.63, 3.8) is 0 Å². The second kappa shape index (κ2) is 11.0. The van der Waals surface area contributed by atoms with Gasteiger partial charge in [-0.3, -0.25) is 10.1 Å². The first-order valence-electron chi connectivity index (χ1n) is 11.7. The summed E-state index contributed by atoms with van der Waals surface area (Å²) in [7, 11) is 0. The SMILES string of the molecule is CCCCc1ccc(-n2nc3cc(Cl)c(NC(=S)NC(=O)c4ccc(C(C)C)cc4)cc3n2)cc1. The summed E-state index contributed by atoms with van der Waals surface area (Å²) in [5.41, 5.74) is 5.74. The van der Waals surface area contributed by atoms with Crippen molar-refractivity contribution >= 4 is 51.6 Å². The van der Waals surface area contributed by atoms with Gasteiger partial charge >= 0.3 is 0 Å². The molecule has 0 radical (unpaired) electrons. The number of carbonyl (C=O) groups is 1. The molecule has 0 aliphatic heterocycles. The smallest absolute Gasteiger partial charge is 0.257 e. The van der Waals surface area contributed by atoms with Crippen LogP contribution < -0.4 is 10.6 Å². The van der Waals surface area contributed by atoms with Crippen LogP contribution in [0.1, 0.15) is 61.0 Å². The molecule has 0 unspecified atom stereocenters. The highest BCUT2D eigenvalue weighted by Crippen LogP contribution is 2.27. The lowest BCUT2D eigenvalue weighted by molar-refractivity contribution is 0.0977. The van der Waals surface area contributed by atoms with E-state index in [9.17, 15) is 4.79 Å². The molecule has 4 aromatic rings. The van der Waals surface area contributed by atoms with Crippen molar-refractivity contribution in [2.75, 3.05) is 5.32 Å². The zero-order chi connectivity index (χ0) is 24.9. The van der Waals surface area contributed by atoms with Crippen LogP contribution >= 0.6 is 23.8 Å². The average molecular weight is 506 g/mol. The van der Waals surface area contributed by atoms with Gasteiger partial charge in [-0.05, 0) is 78.5 Å². The molecule has 3 aromatic carbocycles. The zero-order valence-electron chi connectivity index (χ0n) is 20.0. The number of hydrogen-bond acceptors (Lipinski definition) is 4. The standard InChI is InChI=1S/C27H28ClN5OS/c1-4-5-6-18-7-13-21(14-8-18)33-31-24-15-22(28)23(16-25(24)32-33)29-27(35)30-26(34)20-11-9-19(10-12-20)17(2)3/h7-17H,4-6H2,1-3H3,(H2,29,30,34,35). The van der Waals surface area contributed by atoms with E-state index in [1.165, 1.54) is 24.0 Å². The zero-order valence-corrected chi connectivity index (χ0v) is 21.6. The Morgan fingerprint density at radius 1 is 1.03 bits per heavy atom. The number of halogens is 1. The number of nitrogens with zero attached hydrogens (tertiary/aromatic N) is 3. The minimum Gasteiger partial charge on any atom is -0.331 e. The van der Waals surface area contributed by atoms with Crippen LogP contribution in [0.3, 0.4) is 0 Å². The van der Waals surface area contributed by atoms with Crippen LogP contribution in [0.4, 0.5) is 5.69 Å². The van der Waals surface area contributed by atoms with Crippen LogP contribution in [-0.2, 0) is 6.42 Å². The van der Waals surface area contributed by atoms with Gasteiger partial charge in [0, 0.05) is 5.56 Å². The van der Waals surface area contributed by atoms with Crippen LogP contribution in [0.25, 0.3) is 16.7 Å². The van der Waals surface area contributed by atoms with E-state index in [2.05, 4.69) is 53.7 Å². The number of thiocarbonyl (C=S) groups is 1. The van der Waals surface area contributed by atoms with E-state index in [0.717, 1.165) is 12.1 Å². The predicted molar refractivity (Wildman–Crippen MR) is 147 cm³/mol. The highest BCUT2D eigenvalue weighted by Gasteiger charge is 2.13. The Balaban J connectivity index is 1.46. The minimum atomic E-state index is -0.289. The van der Waals surface area contributed by atoms with Gasteiger partial charge in [-0.1, -0.05) is 63.1 Å². The molecule has 1 heterocycles. The number of unbranched alkanes of at least 4 members (excludes halogenated alkanes) is 1. The molecular formula is C27H28ClN5OS. The molecule has 6 nitrogen and oxygen atoms in total. The number of hydrogen-bond donors (Lipinski definition) is 2. The van der Waals surface area contributed by atoms with Crippen molar-refractivity contribution in [2.24, 2.45) is 0 Å². The quantitative estimate of drug-likeness (QED) is 0.274. The maximum atomic E-state index is 12.6. The van der Waals surface area contributed by atoms with Gasteiger partial charge in [0.05, 0.1) is 16.4 Å². The molecule has 35 heavy (non-hydrogen) atoms. The third kappa shape index (κ3) is 6.05. The molecule has 2 N–H and O–H groups in total. The molecule has 8 heteroatoms. The lowest BCUT2D eigenvalue weighted by atomic mass is 10.0. The van der Waals surface area contributed by atoms with E-state index in [0.29, 0.717) is 33.2 Å². The number of rotatable bonds is 7. The van der Waals surface area contributed by atoms with Crippen molar-refractivity contribution in [2.45, 2.75) is 46.0 Å². The summed E-state index contributed by atoms with van der Waals surface area (Å²) < 4.78 is 0. The van der Waals surface area contributed by atoms with Crippen molar-refractivity contribution < 1.29 is 4.79 Å². The van der Waals surface area contributed by atoms with Gasteiger partial charge in [0.25, 0.3) is 5.91 Å². The van der Waals surface area contributed by atoms with E-state index in [-0.39, 0.29) is 11.0 Å². The maximum Gasteiger partial charge on any atom is 0.257 e. The first kappa shape index (κ1) is 24.8. The number of aryl methyl sites for hydroxylation is 1. The Bertz CT molecular complexity index is 1350. The Morgan fingerprint density at radius 3 is 2.31 bits per heavy atom. The second-order valence-corrected chi connectivity index (χ2v) is 9.58. The Morgan fingerprint density at radius 2 is 1.69 bits per heavy atom. The maximum absolute atomic E-state index is 12.6. The summed E-state index contributed by atoms with van der Waals surface area (Å²) >= 11 is 11.8. The number of aromatic nitrogens is 3. The van der Waals surface area contributed by atoms with E-state index < -0.39 is 0 Å². The van der Waals surface area contributed by atoms with Crippen molar-refractivity contribution in [1.29, 1.82) is 0 Å². The largest absolute Gasteiger partial charge is 0.331 e. The van der Waals surface area contributed by atoms with E-state index in [1.807, 2.05) is 24.3 Å². The second-order valence-electron chi connectivity index (χ2n) is 8.77. The fourth-order valence-electron chi connectivity index (χ4n) is 3.67. The Labute approximate surface area is 215 Å². The molecule has 1 amide bonds. The van der Waals surface area contributed by atoms with E-state index in [1.54, 1.807) is 29.1 Å². The van der Waals surface area contributed by atoms with Crippen molar-refractivity contribution in [3.8, 4) is 5.69 Å². The monoisotopic (exact) mass is 505 g/mol. The third-order valence-corrected chi connectivity index (χ3v) is 6.29. The highest BCUT2D eigenvalue weighted by molar-refractivity contribution is 7.80. The number of fused-ring (bicyclic) bond motifs is 1. The molecule has 0 aliphatic carbocycles. The van der Waals surface area contributed by atoms with E-state index in [4.69, 9.17) is 23.8 Å². The molecule has 4 rings (SSSR count). The number of nitrogens with one attached hydrogen (secondary N) is 2. The Hall–Kier alpha value is -3.29. The molecule has 1 aromatic heterocycles. The summed E-state index contributed by atoms with van der Waals surface area (Å²) in [5.74, 6) is 0.110. The predicted octanol–water partition coefficient (Wildman–Crippen LogP) is 6.67. The van der Waals surface area contributed by atoms with Gasteiger partial charge in [0.2, 0.25) is 0 Å². The number of anilines is 1. The van der Waals surface area contributed by atoms with Crippen LogP contribution in [-0.4, -0.2) is 26.0 Å². The van der Waals surface area contributed by atoms with Crippen molar-refractivity contribution in [1.82, 2.24) is 20.3 Å². The van der Waals surface area contributed by atoms with Gasteiger partial charge in [0.1, 0.15) is 11.0 Å². The number of amides is 1. The molecule has 0 saturated heterocycles. The number of carbonyl (C=O) groups excluding carboxylic acids is 1. The lowest BCUT2D eigenvalue weighted by Gasteiger charge is -2.11. The summed E-state index contributed by atoms with van der Waals surface area (Å²) in [6.07, 6.45) is 3.41. The molecule has 180 valence electrons. The van der Waals surface area contributed by atoms with Crippen LogP contribution in [0, 0.1) is 0 Å². The van der Waals surface area contributed by atoms with Gasteiger partial charge in [0.15, 0.2) is 5.11 Å². The van der Waals surface area contributed by atoms with Gasteiger partial charge < -0.3 is 5.32 Å². The fourth-order valence-corrected chi connectivity index (χ4v) is 4.08. The van der Waals surface area contributed by atoms with Gasteiger partial charge in [-0.25, -0.2) is 0 Å². The molecule has 0 atom stereocenters. The summed E-state index contributed by atoms with van der Waals surface area (Å²) in [6, 6.07) is 19.2. The summed E-state index contributed by atoms with van der Waals surface area (Å²) in [4.78, 5) is 14.2. The average Bonchev–Trinajstić information content (AvgIpc) is 3.25. The molecule has 0 bridgehead atoms. The molecule has 0 aliphatic rings. The molecule has 0 spiro atoms. The number of benzene rings is 3. The van der Waals surface area contributed by atoms with Gasteiger partial charge in [-0.15, -0.1) is 10.2 Å². The minimum absolute atomic E-state index is 0.152. The van der Waals surface area contributed by atoms with Crippen LogP contribution in [0.15, 0.2) is 60.7 Å². The van der Waals surface area contributed by atoms with Crippen LogP contribution in [0.5, 0.6) is 0 Å². The fraction of sp³-hybridized carbons (Fsp3) is 0.259. The third-order valence-electron chi connectivity index (χ3n) is 5.77. The Kier molecular flexibility index (Phi) is 7.78. The van der Waals surface area contributed by atoms with E-state index >= 15 is 0 Å². The first-order chi connectivity index (χ1) is 16.8.